The van der Waals surface area contributed by atoms with Crippen LogP contribution in [-0.4, -0.2) is 20.0 Å². The summed E-state index contributed by atoms with van der Waals surface area (Å²) in [6.07, 6.45) is 0.643. The molecule has 112 valence electrons. The van der Waals surface area contributed by atoms with Gasteiger partial charge in [0, 0.05) is 0 Å². The lowest BCUT2D eigenvalue weighted by molar-refractivity contribution is -0.123. The van der Waals surface area contributed by atoms with Gasteiger partial charge in [0.05, 0.1) is 19.6 Å². The van der Waals surface area contributed by atoms with Gasteiger partial charge < -0.3 is 9.47 Å². The van der Waals surface area contributed by atoms with Crippen molar-refractivity contribution in [2.75, 3.05) is 14.2 Å². The lowest BCUT2D eigenvalue weighted by Crippen LogP contribution is -2.47. The second-order valence-electron chi connectivity index (χ2n) is 5.47. The summed E-state index contributed by atoms with van der Waals surface area (Å²) in [5, 5.41) is 0. The molecule has 0 atom stereocenters. The van der Waals surface area contributed by atoms with Gasteiger partial charge in [-0.1, -0.05) is 30.8 Å². The van der Waals surface area contributed by atoms with Crippen LogP contribution in [0.4, 0.5) is 0 Å². The number of Topliss-reactive ketones (excluding diaryl/α,β-unsaturated/α-hetero) is 1. The zero-order valence-electron chi connectivity index (χ0n) is 12.8. The number of hydrogen-bond donors (Lipinski definition) is 0. The number of allylic oxidation sites excluding steroid dienone is 1. The van der Waals surface area contributed by atoms with Crippen LogP contribution >= 0.6 is 0 Å². The van der Waals surface area contributed by atoms with Gasteiger partial charge in [0.1, 0.15) is 11.5 Å². The summed E-state index contributed by atoms with van der Waals surface area (Å²) >= 11 is 0. The normalized spacial score (nSPS) is 16.1. The van der Waals surface area contributed by atoms with Gasteiger partial charge in [-0.05, 0) is 47.4 Å². The molecule has 0 radical (unpaired) electrons. The van der Waals surface area contributed by atoms with Crippen LogP contribution in [0.25, 0.3) is 0 Å². The van der Waals surface area contributed by atoms with Crippen LogP contribution in [0.15, 0.2) is 60.7 Å². The number of rotatable bonds is 4. The Balaban J connectivity index is 2.08. The fraction of sp³-hybridized carbons (Fsp3) is 0.211. The van der Waals surface area contributed by atoms with E-state index in [2.05, 4.69) is 6.58 Å². The third-order valence-corrected chi connectivity index (χ3v) is 4.35. The molecule has 0 aliphatic heterocycles. The molecule has 0 aromatic heterocycles. The lowest BCUT2D eigenvalue weighted by atomic mass is 9.57. The summed E-state index contributed by atoms with van der Waals surface area (Å²) in [4.78, 5) is 12.6. The second-order valence-corrected chi connectivity index (χ2v) is 5.47. The average molecular weight is 294 g/mol. The minimum absolute atomic E-state index is 0.0860. The summed E-state index contributed by atoms with van der Waals surface area (Å²) in [7, 11) is 3.26. The van der Waals surface area contributed by atoms with Gasteiger partial charge >= 0.3 is 0 Å². The van der Waals surface area contributed by atoms with E-state index in [0.29, 0.717) is 12.0 Å². The van der Waals surface area contributed by atoms with Crippen molar-refractivity contribution in [3.8, 4) is 11.5 Å². The van der Waals surface area contributed by atoms with E-state index in [1.807, 2.05) is 48.5 Å². The molecule has 3 heteroatoms. The second kappa shape index (κ2) is 5.34. The molecule has 0 heterocycles. The molecule has 1 aliphatic carbocycles. The molecule has 3 rings (SSSR count). The van der Waals surface area contributed by atoms with Gasteiger partial charge in [-0.25, -0.2) is 0 Å². The molecule has 3 nitrogen and oxygen atoms in total. The maximum Gasteiger partial charge on any atom is 0.173 e. The highest BCUT2D eigenvalue weighted by Gasteiger charge is 2.51. The van der Waals surface area contributed by atoms with Crippen molar-refractivity contribution >= 4 is 5.78 Å². The number of carbonyl (C=O) groups excluding carboxylic acids is 1. The van der Waals surface area contributed by atoms with Crippen molar-refractivity contribution in [3.63, 3.8) is 0 Å². The van der Waals surface area contributed by atoms with Gasteiger partial charge in [-0.3, -0.25) is 4.79 Å². The van der Waals surface area contributed by atoms with E-state index < -0.39 is 5.41 Å². The van der Waals surface area contributed by atoms with E-state index in [-0.39, 0.29) is 5.78 Å². The largest absolute Gasteiger partial charge is 0.497 e. The lowest BCUT2D eigenvalue weighted by Gasteiger charge is -2.42. The van der Waals surface area contributed by atoms with E-state index in [1.54, 1.807) is 14.2 Å². The highest BCUT2D eigenvalue weighted by atomic mass is 16.5. The van der Waals surface area contributed by atoms with Gasteiger partial charge in [0.2, 0.25) is 0 Å². The van der Waals surface area contributed by atoms with Crippen molar-refractivity contribution in [2.24, 2.45) is 0 Å². The molecule has 0 unspecified atom stereocenters. The predicted molar refractivity (Wildman–Crippen MR) is 85.5 cm³/mol. The van der Waals surface area contributed by atoms with Gasteiger partial charge in [-0.15, -0.1) is 0 Å². The molecule has 22 heavy (non-hydrogen) atoms. The number of methoxy groups -OCH3 is 2. The number of ketones is 1. The third kappa shape index (κ3) is 2.01. The summed E-state index contributed by atoms with van der Waals surface area (Å²) in [6, 6.07) is 15.3. The van der Waals surface area contributed by atoms with Gasteiger partial charge in [0.15, 0.2) is 5.78 Å². The smallest absolute Gasteiger partial charge is 0.173 e. The molecule has 1 aliphatic rings. The monoisotopic (exact) mass is 294 g/mol. The van der Waals surface area contributed by atoms with Crippen molar-refractivity contribution in [1.29, 1.82) is 0 Å². The number of ether oxygens (including phenoxy) is 2. The van der Waals surface area contributed by atoms with E-state index >= 15 is 0 Å². The first-order chi connectivity index (χ1) is 10.6. The van der Waals surface area contributed by atoms with Crippen LogP contribution in [-0.2, 0) is 10.2 Å². The molecular formula is C19H18O3. The van der Waals surface area contributed by atoms with Crippen molar-refractivity contribution < 1.29 is 14.3 Å². The number of carbonyl (C=O) groups is 1. The van der Waals surface area contributed by atoms with E-state index in [1.165, 1.54) is 0 Å². The van der Waals surface area contributed by atoms with Crippen molar-refractivity contribution in [2.45, 2.75) is 11.8 Å². The first-order valence-electron chi connectivity index (χ1n) is 7.13. The third-order valence-electron chi connectivity index (χ3n) is 4.35. The predicted octanol–water partition coefficient (Wildman–Crippen LogP) is 3.52. The standard InChI is InChI=1S/C19H18O3/c1-13-12-19(18(13)20,14-4-8-16(21-2)9-5-14)15-6-10-17(22-3)11-7-15/h4-11H,1,12H2,2-3H3. The van der Waals surface area contributed by atoms with Crippen molar-refractivity contribution in [3.05, 3.63) is 71.8 Å². The minimum atomic E-state index is -0.629. The zero-order valence-corrected chi connectivity index (χ0v) is 12.8. The Morgan fingerprint density at radius 1 is 0.864 bits per heavy atom. The number of benzene rings is 2. The first-order valence-corrected chi connectivity index (χ1v) is 7.13. The minimum Gasteiger partial charge on any atom is -0.497 e. The molecule has 0 saturated heterocycles. The Morgan fingerprint density at radius 2 is 1.27 bits per heavy atom. The molecule has 0 N–H and O–H groups in total. The highest BCUT2D eigenvalue weighted by Crippen LogP contribution is 2.49. The average Bonchev–Trinajstić information content (AvgIpc) is 2.59. The van der Waals surface area contributed by atoms with Gasteiger partial charge in [0.25, 0.3) is 0 Å². The Kier molecular flexibility index (Phi) is 3.49. The molecule has 2 aromatic rings. The highest BCUT2D eigenvalue weighted by molar-refractivity contribution is 6.12. The number of hydrogen-bond acceptors (Lipinski definition) is 3. The Labute approximate surface area is 130 Å². The topological polar surface area (TPSA) is 35.5 Å². The maximum atomic E-state index is 12.6. The van der Waals surface area contributed by atoms with Crippen LogP contribution in [0.1, 0.15) is 17.5 Å². The van der Waals surface area contributed by atoms with Crippen LogP contribution in [0.5, 0.6) is 11.5 Å². The summed E-state index contributed by atoms with van der Waals surface area (Å²) in [5.41, 5.74) is 1.98. The Hall–Kier alpha value is -2.55. The zero-order chi connectivity index (χ0) is 15.7. The molecule has 0 bridgehead atoms. The molecular weight excluding hydrogens is 276 g/mol. The Bertz CT molecular complexity index is 664. The Morgan fingerprint density at radius 3 is 1.55 bits per heavy atom. The summed E-state index contributed by atoms with van der Waals surface area (Å²) in [6.45, 7) is 3.86. The molecule has 2 aromatic carbocycles. The van der Waals surface area contributed by atoms with Crippen LogP contribution in [0.2, 0.25) is 0 Å². The fourth-order valence-electron chi connectivity index (χ4n) is 3.06. The molecule has 1 fully saturated rings. The molecule has 0 amide bonds. The summed E-state index contributed by atoms with van der Waals surface area (Å²) < 4.78 is 10.4. The van der Waals surface area contributed by atoms with Crippen molar-refractivity contribution in [1.82, 2.24) is 0 Å². The van der Waals surface area contributed by atoms with E-state index in [4.69, 9.17) is 9.47 Å². The quantitative estimate of drug-likeness (QED) is 0.809. The first kappa shape index (κ1) is 14.4. The SMILES string of the molecule is C=C1CC(c2ccc(OC)cc2)(c2ccc(OC)cc2)C1=O. The molecule has 1 saturated carbocycles. The maximum absolute atomic E-state index is 12.6. The van der Waals surface area contributed by atoms with E-state index in [9.17, 15) is 4.79 Å². The van der Waals surface area contributed by atoms with Crippen LogP contribution < -0.4 is 9.47 Å². The van der Waals surface area contributed by atoms with Crippen LogP contribution in [0.3, 0.4) is 0 Å². The van der Waals surface area contributed by atoms with Crippen LogP contribution in [0, 0.1) is 0 Å². The fourth-order valence-corrected chi connectivity index (χ4v) is 3.06. The van der Waals surface area contributed by atoms with E-state index in [0.717, 1.165) is 22.6 Å². The summed E-state index contributed by atoms with van der Waals surface area (Å²) in [5.74, 6) is 1.64. The van der Waals surface area contributed by atoms with Gasteiger partial charge in [-0.2, -0.15) is 0 Å². The molecule has 0 spiro atoms.